The number of benzene rings is 1. The van der Waals surface area contributed by atoms with Gasteiger partial charge in [-0.2, -0.15) is 0 Å². The van der Waals surface area contributed by atoms with Crippen LogP contribution in [0.4, 0.5) is 0 Å². The third-order valence-corrected chi connectivity index (χ3v) is 5.33. The lowest BCUT2D eigenvalue weighted by atomic mass is 9.94. The molecule has 1 rings (SSSR count). The van der Waals surface area contributed by atoms with Crippen LogP contribution >= 0.6 is 11.6 Å². The summed E-state index contributed by atoms with van der Waals surface area (Å²) in [6.07, 6.45) is 1.09. The number of hydrogen-bond donors (Lipinski definition) is 0. The van der Waals surface area contributed by atoms with Crippen molar-refractivity contribution in [3.63, 3.8) is 0 Å². The van der Waals surface area contributed by atoms with E-state index in [9.17, 15) is 0 Å². The topological polar surface area (TPSA) is 18.5 Å². The zero-order chi connectivity index (χ0) is 14.1. The maximum absolute atomic E-state index is 6.00. The third-order valence-electron chi connectivity index (χ3n) is 3.12. The fraction of sp³-hybridized carbons (Fsp3) is 0.600. The van der Waals surface area contributed by atoms with Crippen LogP contribution in [0.2, 0.25) is 6.04 Å². The quantitative estimate of drug-likeness (QED) is 0.494. The Balaban J connectivity index is 2.55. The lowest BCUT2D eigenvalue weighted by Crippen LogP contribution is -2.23. The summed E-state index contributed by atoms with van der Waals surface area (Å²) in [6, 6.07) is 9.43. The Bertz CT molecular complexity index is 354. The zero-order valence-corrected chi connectivity index (χ0v) is 13.9. The fourth-order valence-corrected chi connectivity index (χ4v) is 4.06. The van der Waals surface area contributed by atoms with Crippen molar-refractivity contribution >= 4 is 20.9 Å². The minimum absolute atomic E-state index is 0.496. The van der Waals surface area contributed by atoms with E-state index in [-0.39, 0.29) is 0 Å². The number of halogens is 1. The molecule has 1 radical (unpaired) electrons. The second-order valence-corrected chi connectivity index (χ2v) is 6.60. The first kappa shape index (κ1) is 16.7. The second kappa shape index (κ2) is 9.53. The van der Waals surface area contributed by atoms with Gasteiger partial charge in [0.1, 0.15) is 0 Å². The van der Waals surface area contributed by atoms with Crippen LogP contribution in [-0.4, -0.2) is 22.5 Å². The van der Waals surface area contributed by atoms with Crippen LogP contribution in [-0.2, 0) is 14.7 Å². The summed E-state index contributed by atoms with van der Waals surface area (Å²) in [5, 5.41) is 0. The van der Waals surface area contributed by atoms with Crippen molar-refractivity contribution in [1.82, 2.24) is 0 Å². The van der Waals surface area contributed by atoms with Crippen LogP contribution in [0.5, 0.6) is 0 Å². The Morgan fingerprint density at radius 1 is 1.16 bits per heavy atom. The zero-order valence-electron chi connectivity index (χ0n) is 12.1. The monoisotopic (exact) mass is 299 g/mol. The molecule has 0 aliphatic heterocycles. The van der Waals surface area contributed by atoms with Crippen LogP contribution in [0.3, 0.4) is 0 Å². The van der Waals surface area contributed by atoms with Crippen LogP contribution in [0.15, 0.2) is 24.3 Å². The lowest BCUT2D eigenvalue weighted by Gasteiger charge is -2.18. The van der Waals surface area contributed by atoms with E-state index in [0.29, 0.717) is 11.8 Å². The normalized spacial score (nSPS) is 12.9. The average molecular weight is 300 g/mol. The van der Waals surface area contributed by atoms with E-state index in [1.54, 1.807) is 0 Å². The molecule has 0 bridgehead atoms. The molecule has 0 aliphatic rings. The van der Waals surface area contributed by atoms with Crippen molar-refractivity contribution in [2.75, 3.05) is 13.2 Å². The summed E-state index contributed by atoms with van der Waals surface area (Å²) in [7, 11) is -1.10. The first-order valence-electron chi connectivity index (χ1n) is 6.98. The highest BCUT2D eigenvalue weighted by atomic mass is 35.5. The molecule has 1 unspecified atom stereocenters. The average Bonchev–Trinajstić information content (AvgIpc) is 2.44. The van der Waals surface area contributed by atoms with Crippen LogP contribution in [0.25, 0.3) is 0 Å². The van der Waals surface area contributed by atoms with Gasteiger partial charge in [0.25, 0.3) is 0 Å². The van der Waals surface area contributed by atoms with Gasteiger partial charge in [-0.05, 0) is 43.4 Å². The van der Waals surface area contributed by atoms with Gasteiger partial charge in [-0.3, -0.25) is 0 Å². The van der Waals surface area contributed by atoms with Crippen molar-refractivity contribution < 1.29 is 8.85 Å². The molecular formula is C15H24ClO2Si. The molecule has 0 saturated heterocycles. The number of hydrogen-bond acceptors (Lipinski definition) is 2. The molecule has 1 aromatic rings. The summed E-state index contributed by atoms with van der Waals surface area (Å²) in [5.74, 6) is 1.07. The summed E-state index contributed by atoms with van der Waals surface area (Å²) in [4.78, 5) is 0. The first-order chi connectivity index (χ1) is 9.22. The summed E-state index contributed by atoms with van der Waals surface area (Å²) in [6.45, 7) is 7.77. The van der Waals surface area contributed by atoms with Gasteiger partial charge in [0.15, 0.2) is 0 Å². The van der Waals surface area contributed by atoms with Gasteiger partial charge in [-0.1, -0.05) is 31.2 Å². The van der Waals surface area contributed by atoms with Crippen molar-refractivity contribution in [3.05, 3.63) is 35.4 Å². The predicted molar refractivity (Wildman–Crippen MR) is 82.8 cm³/mol. The molecule has 0 amide bonds. The van der Waals surface area contributed by atoms with E-state index < -0.39 is 9.28 Å². The maximum atomic E-state index is 6.00. The van der Waals surface area contributed by atoms with E-state index in [1.165, 1.54) is 11.1 Å². The minimum atomic E-state index is -1.10. The molecule has 0 heterocycles. The SMILES string of the molecule is CCO[Si](CCC(C)c1ccccc1CCl)OCC. The highest BCUT2D eigenvalue weighted by Crippen LogP contribution is 2.26. The summed E-state index contributed by atoms with van der Waals surface area (Å²) >= 11 is 6.00. The van der Waals surface area contributed by atoms with Crippen molar-refractivity contribution in [1.29, 1.82) is 0 Å². The molecule has 0 N–H and O–H groups in total. The smallest absolute Gasteiger partial charge is 0.384 e. The van der Waals surface area contributed by atoms with Crippen LogP contribution in [0, 0.1) is 0 Å². The van der Waals surface area contributed by atoms with Gasteiger partial charge in [0.2, 0.25) is 0 Å². The summed E-state index contributed by atoms with van der Waals surface area (Å²) < 4.78 is 11.4. The molecule has 19 heavy (non-hydrogen) atoms. The fourth-order valence-electron chi connectivity index (χ4n) is 2.13. The molecule has 1 aromatic carbocycles. The lowest BCUT2D eigenvalue weighted by molar-refractivity contribution is 0.212. The molecule has 1 atom stereocenters. The Labute approximate surface area is 123 Å². The molecule has 2 nitrogen and oxygen atoms in total. The second-order valence-electron chi connectivity index (χ2n) is 4.51. The van der Waals surface area contributed by atoms with E-state index in [0.717, 1.165) is 25.7 Å². The van der Waals surface area contributed by atoms with E-state index in [2.05, 4.69) is 25.1 Å². The predicted octanol–water partition coefficient (Wildman–Crippen LogP) is 4.48. The van der Waals surface area contributed by atoms with E-state index >= 15 is 0 Å². The molecule has 0 aromatic heterocycles. The maximum Gasteiger partial charge on any atom is 0.384 e. The third kappa shape index (κ3) is 5.65. The van der Waals surface area contributed by atoms with Crippen molar-refractivity contribution in [2.45, 2.75) is 45.0 Å². The van der Waals surface area contributed by atoms with Crippen LogP contribution in [0.1, 0.15) is 44.2 Å². The molecular weight excluding hydrogens is 276 g/mol. The highest BCUT2D eigenvalue weighted by molar-refractivity contribution is 6.44. The van der Waals surface area contributed by atoms with Crippen LogP contribution < -0.4 is 0 Å². The van der Waals surface area contributed by atoms with Gasteiger partial charge >= 0.3 is 9.28 Å². The van der Waals surface area contributed by atoms with Crippen molar-refractivity contribution in [2.24, 2.45) is 0 Å². The molecule has 0 aliphatic carbocycles. The van der Waals surface area contributed by atoms with Gasteiger partial charge in [-0.15, -0.1) is 11.6 Å². The van der Waals surface area contributed by atoms with Gasteiger partial charge in [0.05, 0.1) is 0 Å². The standard InChI is InChI=1S/C15H24ClO2Si/c1-4-17-19(18-5-2)11-10-13(3)15-9-7-6-8-14(15)12-16/h6-9,13H,4-5,10-12H2,1-3H3. The number of rotatable bonds is 9. The van der Waals surface area contributed by atoms with E-state index in [4.69, 9.17) is 20.5 Å². The highest BCUT2D eigenvalue weighted by Gasteiger charge is 2.18. The number of alkyl halides is 1. The Kier molecular flexibility index (Phi) is 8.38. The molecule has 0 spiro atoms. The Hall–Kier alpha value is -0.353. The molecule has 0 fully saturated rings. The van der Waals surface area contributed by atoms with Gasteiger partial charge < -0.3 is 8.85 Å². The Morgan fingerprint density at radius 2 is 1.79 bits per heavy atom. The van der Waals surface area contributed by atoms with Gasteiger partial charge in [-0.25, -0.2) is 0 Å². The molecule has 107 valence electrons. The molecule has 4 heteroatoms. The Morgan fingerprint density at radius 3 is 2.37 bits per heavy atom. The van der Waals surface area contributed by atoms with Crippen molar-refractivity contribution in [3.8, 4) is 0 Å². The van der Waals surface area contributed by atoms with E-state index in [1.807, 2.05) is 19.9 Å². The van der Waals surface area contributed by atoms with Gasteiger partial charge in [0, 0.05) is 19.1 Å². The minimum Gasteiger partial charge on any atom is -0.394 e. The summed E-state index contributed by atoms with van der Waals surface area (Å²) in [5.41, 5.74) is 2.59. The largest absolute Gasteiger partial charge is 0.394 e. The first-order valence-corrected chi connectivity index (χ1v) is 9.03. The molecule has 0 saturated carbocycles.